The van der Waals surface area contributed by atoms with Crippen LogP contribution in [0.4, 0.5) is 0 Å². The molecule has 1 N–H and O–H groups in total. The van der Waals surface area contributed by atoms with Crippen LogP contribution in [0.5, 0.6) is 0 Å². The second-order valence-electron chi connectivity index (χ2n) is 8.48. The lowest BCUT2D eigenvalue weighted by molar-refractivity contribution is 0.0939. The molecule has 0 aromatic carbocycles. The summed E-state index contributed by atoms with van der Waals surface area (Å²) in [5.41, 5.74) is 3.42. The average molecular weight is 444 g/mol. The molecule has 33 heavy (non-hydrogen) atoms. The van der Waals surface area contributed by atoms with Crippen molar-refractivity contribution in [1.29, 1.82) is 0 Å². The maximum atomic E-state index is 13.5. The van der Waals surface area contributed by atoms with Gasteiger partial charge in [-0.05, 0) is 58.9 Å². The molecule has 0 radical (unpaired) electrons. The molecule has 0 aliphatic rings. The lowest BCUT2D eigenvalue weighted by Crippen LogP contribution is -2.28. The first-order valence-corrected chi connectivity index (χ1v) is 10.9. The number of rotatable bonds is 5. The summed E-state index contributed by atoms with van der Waals surface area (Å²) in [6.07, 6.45) is 3.58. The fourth-order valence-electron chi connectivity index (χ4n) is 4.10. The summed E-state index contributed by atoms with van der Waals surface area (Å²) < 4.78 is 9.41. The summed E-state index contributed by atoms with van der Waals surface area (Å²) in [6, 6.07) is 9.15. The number of carbonyl (C=O) groups excluding carboxylic acids is 1. The quantitative estimate of drug-likeness (QED) is 0.431. The van der Waals surface area contributed by atoms with Gasteiger partial charge in [-0.2, -0.15) is 5.10 Å². The number of hydrogen-bond acceptors (Lipinski definition) is 6. The van der Waals surface area contributed by atoms with Crippen molar-refractivity contribution in [3.8, 4) is 11.3 Å². The van der Waals surface area contributed by atoms with E-state index in [9.17, 15) is 4.79 Å². The van der Waals surface area contributed by atoms with E-state index in [-0.39, 0.29) is 18.0 Å². The van der Waals surface area contributed by atoms with Gasteiger partial charge < -0.3 is 9.73 Å². The molecule has 0 saturated heterocycles. The van der Waals surface area contributed by atoms with E-state index in [4.69, 9.17) is 9.40 Å². The third kappa shape index (κ3) is 3.55. The second kappa shape index (κ2) is 7.84. The highest BCUT2D eigenvalue weighted by molar-refractivity contribution is 6.06. The zero-order valence-electron chi connectivity index (χ0n) is 19.2. The minimum Gasteiger partial charge on any atom is -0.466 e. The van der Waals surface area contributed by atoms with E-state index in [1.54, 1.807) is 12.3 Å². The second-order valence-corrected chi connectivity index (χ2v) is 8.48. The fraction of sp³-hybridized carbons (Fsp3) is 0.292. The van der Waals surface area contributed by atoms with Crippen molar-refractivity contribution < 1.29 is 9.21 Å². The van der Waals surface area contributed by atoms with Gasteiger partial charge in [0.05, 0.1) is 28.9 Å². The first kappa shape index (κ1) is 20.9. The van der Waals surface area contributed by atoms with E-state index >= 15 is 0 Å². The molecular weight excluding hydrogens is 418 g/mol. The normalized spacial score (nSPS) is 12.7. The molecule has 9 nitrogen and oxygen atoms in total. The molecule has 168 valence electrons. The summed E-state index contributed by atoms with van der Waals surface area (Å²) in [5, 5.41) is 16.7. The van der Waals surface area contributed by atoms with Gasteiger partial charge in [0.2, 0.25) is 0 Å². The van der Waals surface area contributed by atoms with Gasteiger partial charge in [-0.25, -0.2) is 9.67 Å². The van der Waals surface area contributed by atoms with Crippen molar-refractivity contribution in [3.63, 3.8) is 0 Å². The van der Waals surface area contributed by atoms with Crippen LogP contribution in [0.2, 0.25) is 0 Å². The van der Waals surface area contributed by atoms with Crippen molar-refractivity contribution >= 4 is 22.6 Å². The highest BCUT2D eigenvalue weighted by Gasteiger charge is 2.23. The van der Waals surface area contributed by atoms with Crippen LogP contribution in [0.15, 0.2) is 47.1 Å². The zero-order valence-corrected chi connectivity index (χ0v) is 19.2. The Kier molecular flexibility index (Phi) is 4.96. The number of carbonyl (C=O) groups is 1. The Bertz CT molecular complexity index is 1490. The van der Waals surface area contributed by atoms with Gasteiger partial charge in [-0.15, -0.1) is 10.2 Å². The molecule has 5 rings (SSSR count). The SMILES string of the molecule is Cc1cc(-c2cc(C(=O)NC(C)c3nnc4ccccn34)c3cnn(C(C)C)c3n2)c(C)o1. The highest BCUT2D eigenvalue weighted by atomic mass is 16.3. The molecule has 0 bridgehead atoms. The van der Waals surface area contributed by atoms with Crippen LogP contribution in [-0.4, -0.2) is 35.3 Å². The molecule has 1 unspecified atom stereocenters. The van der Waals surface area contributed by atoms with E-state index in [1.807, 2.05) is 74.2 Å². The first-order valence-electron chi connectivity index (χ1n) is 10.9. The number of hydrogen-bond donors (Lipinski definition) is 1. The highest BCUT2D eigenvalue weighted by Crippen LogP contribution is 2.30. The molecule has 0 fully saturated rings. The number of nitrogens with one attached hydrogen (secondary N) is 1. The van der Waals surface area contributed by atoms with Crippen molar-refractivity contribution in [2.24, 2.45) is 0 Å². The molecule has 5 aromatic rings. The third-order valence-electron chi connectivity index (χ3n) is 5.69. The van der Waals surface area contributed by atoms with Crippen LogP contribution in [0.3, 0.4) is 0 Å². The minimum atomic E-state index is -0.361. The lowest BCUT2D eigenvalue weighted by atomic mass is 10.1. The van der Waals surface area contributed by atoms with E-state index in [1.165, 1.54) is 0 Å². The average Bonchev–Trinajstić information content (AvgIpc) is 3.48. The molecule has 0 spiro atoms. The summed E-state index contributed by atoms with van der Waals surface area (Å²) in [4.78, 5) is 18.3. The van der Waals surface area contributed by atoms with Gasteiger partial charge in [0.25, 0.3) is 5.91 Å². The van der Waals surface area contributed by atoms with Gasteiger partial charge in [-0.3, -0.25) is 9.20 Å². The number of furan rings is 1. The predicted octanol–water partition coefficient (Wildman–Crippen LogP) is 4.42. The lowest BCUT2D eigenvalue weighted by Gasteiger charge is -2.14. The molecule has 0 aliphatic carbocycles. The molecule has 0 saturated carbocycles. The van der Waals surface area contributed by atoms with E-state index in [0.717, 1.165) is 22.7 Å². The van der Waals surface area contributed by atoms with E-state index in [2.05, 4.69) is 20.6 Å². The molecule has 5 heterocycles. The Hall–Kier alpha value is -4.01. The van der Waals surface area contributed by atoms with Crippen molar-refractivity contribution in [2.45, 2.75) is 46.7 Å². The molecule has 1 atom stereocenters. The van der Waals surface area contributed by atoms with Crippen molar-refractivity contribution in [3.05, 3.63) is 65.6 Å². The number of nitrogens with zero attached hydrogens (tertiary/aromatic N) is 6. The molecule has 5 aromatic heterocycles. The summed E-state index contributed by atoms with van der Waals surface area (Å²) in [5.74, 6) is 1.97. The number of amides is 1. The Balaban J connectivity index is 1.58. The minimum absolute atomic E-state index is 0.0922. The number of aromatic nitrogens is 6. The third-order valence-corrected chi connectivity index (χ3v) is 5.69. The van der Waals surface area contributed by atoms with Gasteiger partial charge in [0.15, 0.2) is 17.1 Å². The van der Waals surface area contributed by atoms with Gasteiger partial charge in [-0.1, -0.05) is 6.07 Å². The largest absolute Gasteiger partial charge is 0.466 e. The number of pyridine rings is 2. The topological polar surface area (TPSA) is 103 Å². The van der Waals surface area contributed by atoms with Gasteiger partial charge in [0, 0.05) is 17.8 Å². The Morgan fingerprint density at radius 3 is 2.67 bits per heavy atom. The molecule has 1 amide bonds. The van der Waals surface area contributed by atoms with E-state index < -0.39 is 0 Å². The first-order chi connectivity index (χ1) is 15.8. The maximum absolute atomic E-state index is 13.5. The van der Waals surface area contributed by atoms with Gasteiger partial charge >= 0.3 is 0 Å². The zero-order chi connectivity index (χ0) is 23.3. The summed E-state index contributed by atoms with van der Waals surface area (Å²) in [7, 11) is 0. The van der Waals surface area contributed by atoms with Crippen molar-refractivity contribution in [2.75, 3.05) is 0 Å². The molecule has 9 heteroatoms. The number of aryl methyl sites for hydroxylation is 2. The van der Waals surface area contributed by atoms with Crippen LogP contribution in [0.25, 0.3) is 27.9 Å². The Morgan fingerprint density at radius 2 is 1.94 bits per heavy atom. The van der Waals surface area contributed by atoms with Crippen LogP contribution in [0.1, 0.15) is 60.6 Å². The van der Waals surface area contributed by atoms with Gasteiger partial charge in [0.1, 0.15) is 11.5 Å². The molecule has 0 aliphatic heterocycles. The Morgan fingerprint density at radius 1 is 1.12 bits per heavy atom. The maximum Gasteiger partial charge on any atom is 0.252 e. The predicted molar refractivity (Wildman–Crippen MR) is 124 cm³/mol. The van der Waals surface area contributed by atoms with E-state index in [0.29, 0.717) is 28.1 Å². The smallest absolute Gasteiger partial charge is 0.252 e. The molecular formula is C24H25N7O2. The Labute approximate surface area is 190 Å². The van der Waals surface area contributed by atoms with Crippen LogP contribution < -0.4 is 5.32 Å². The number of fused-ring (bicyclic) bond motifs is 2. The monoisotopic (exact) mass is 443 g/mol. The summed E-state index contributed by atoms with van der Waals surface area (Å²) >= 11 is 0. The standard InChI is InChI=1S/C24H25N7O2/c1-13(2)31-23-19(12-25-31)18(11-20(27-23)17-10-14(3)33-16(17)5)24(32)26-15(4)22-29-28-21-8-6-7-9-30(21)22/h6-13,15H,1-5H3,(H,26,32). The fourth-order valence-corrected chi connectivity index (χ4v) is 4.10. The summed E-state index contributed by atoms with van der Waals surface area (Å²) in [6.45, 7) is 9.75. The van der Waals surface area contributed by atoms with Crippen LogP contribution in [-0.2, 0) is 0 Å². The van der Waals surface area contributed by atoms with Crippen LogP contribution >= 0.6 is 0 Å². The van der Waals surface area contributed by atoms with Crippen molar-refractivity contribution in [1.82, 2.24) is 34.7 Å². The van der Waals surface area contributed by atoms with Crippen LogP contribution in [0, 0.1) is 13.8 Å².